The number of carbonyl (C=O) groups is 4. The molecule has 0 saturated heterocycles. The fourth-order valence-electron chi connectivity index (χ4n) is 2.85. The summed E-state index contributed by atoms with van der Waals surface area (Å²) in [6, 6.07) is 5.68. The number of benzene rings is 1. The molecular formula is C21H23NO7. The Labute approximate surface area is 168 Å². The van der Waals surface area contributed by atoms with Crippen molar-refractivity contribution in [1.82, 2.24) is 4.98 Å². The van der Waals surface area contributed by atoms with Crippen molar-refractivity contribution in [2.24, 2.45) is 0 Å². The minimum absolute atomic E-state index is 0.184. The third kappa shape index (κ3) is 4.71. The number of Topliss-reactive ketones (excluding diaryl/α,β-unsaturated/α-hetero) is 1. The lowest BCUT2D eigenvalue weighted by molar-refractivity contribution is 0.0316. The second-order valence-electron chi connectivity index (χ2n) is 6.33. The molecule has 8 nitrogen and oxygen atoms in total. The van der Waals surface area contributed by atoms with Crippen LogP contribution in [-0.2, 0) is 14.2 Å². The molecule has 1 atom stereocenters. The lowest BCUT2D eigenvalue weighted by atomic mass is 10.1. The second-order valence-corrected chi connectivity index (χ2v) is 6.33. The predicted octanol–water partition coefficient (Wildman–Crippen LogP) is 3.02. The lowest BCUT2D eigenvalue weighted by Crippen LogP contribution is -2.25. The topological polar surface area (TPSA) is 112 Å². The number of hydrogen-bond acceptors (Lipinski definition) is 7. The first-order valence-electron chi connectivity index (χ1n) is 9.01. The Hall–Kier alpha value is -3.42. The van der Waals surface area contributed by atoms with E-state index in [-0.39, 0.29) is 23.4 Å². The minimum atomic E-state index is -1.09. The summed E-state index contributed by atoms with van der Waals surface area (Å²) in [7, 11) is 1.26. The van der Waals surface area contributed by atoms with Gasteiger partial charge in [-0.25, -0.2) is 14.4 Å². The van der Waals surface area contributed by atoms with E-state index in [0.717, 1.165) is 0 Å². The number of H-pyrrole nitrogens is 1. The number of ketones is 1. The Kier molecular flexibility index (Phi) is 6.93. The first kappa shape index (κ1) is 21.9. The fraction of sp³-hybridized carbons (Fsp3) is 0.333. The van der Waals surface area contributed by atoms with Crippen molar-refractivity contribution < 1.29 is 33.4 Å². The maximum absolute atomic E-state index is 12.7. The number of aromatic amines is 1. The van der Waals surface area contributed by atoms with Gasteiger partial charge in [0.15, 0.2) is 6.10 Å². The number of aryl methyl sites for hydroxylation is 1. The summed E-state index contributed by atoms with van der Waals surface area (Å²) in [6.45, 7) is 6.65. The van der Waals surface area contributed by atoms with Gasteiger partial charge >= 0.3 is 17.9 Å². The lowest BCUT2D eigenvalue weighted by Gasteiger charge is -2.12. The van der Waals surface area contributed by atoms with Gasteiger partial charge in [-0.1, -0.05) is 0 Å². The van der Waals surface area contributed by atoms with Crippen molar-refractivity contribution in [2.45, 2.75) is 33.8 Å². The zero-order valence-electron chi connectivity index (χ0n) is 17.0. The number of esters is 3. The summed E-state index contributed by atoms with van der Waals surface area (Å²) in [4.78, 5) is 51.5. The zero-order valence-corrected chi connectivity index (χ0v) is 17.0. The molecule has 154 valence electrons. The van der Waals surface area contributed by atoms with Gasteiger partial charge in [-0.3, -0.25) is 4.79 Å². The molecule has 0 aliphatic rings. The average Bonchev–Trinajstić information content (AvgIpc) is 3.00. The summed E-state index contributed by atoms with van der Waals surface area (Å²) < 4.78 is 14.9. The van der Waals surface area contributed by atoms with Crippen LogP contribution in [0.4, 0.5) is 0 Å². The summed E-state index contributed by atoms with van der Waals surface area (Å²) in [5.74, 6) is -2.23. The Balaban J connectivity index is 2.15. The van der Waals surface area contributed by atoms with Crippen molar-refractivity contribution in [3.63, 3.8) is 0 Å². The van der Waals surface area contributed by atoms with Crippen molar-refractivity contribution in [2.75, 3.05) is 13.7 Å². The molecule has 0 aliphatic carbocycles. The van der Waals surface area contributed by atoms with Crippen LogP contribution < -0.4 is 0 Å². The summed E-state index contributed by atoms with van der Waals surface area (Å²) >= 11 is 0. The minimum Gasteiger partial charge on any atom is -0.465 e. The van der Waals surface area contributed by atoms with E-state index >= 15 is 0 Å². The molecular weight excluding hydrogens is 378 g/mol. The van der Waals surface area contributed by atoms with Gasteiger partial charge in [-0.05, 0) is 57.5 Å². The number of methoxy groups -OCH3 is 1. The van der Waals surface area contributed by atoms with Gasteiger partial charge in [0.2, 0.25) is 5.78 Å². The first-order chi connectivity index (χ1) is 13.7. The smallest absolute Gasteiger partial charge is 0.340 e. The van der Waals surface area contributed by atoms with Crippen LogP contribution in [0.2, 0.25) is 0 Å². The van der Waals surface area contributed by atoms with Gasteiger partial charge in [0, 0.05) is 5.69 Å². The molecule has 8 heteroatoms. The van der Waals surface area contributed by atoms with Crippen LogP contribution in [-0.4, -0.2) is 48.5 Å². The maximum atomic E-state index is 12.7. The van der Waals surface area contributed by atoms with E-state index in [9.17, 15) is 19.2 Å². The molecule has 1 N–H and O–H groups in total. The quantitative estimate of drug-likeness (QED) is 0.431. The van der Waals surface area contributed by atoms with E-state index in [4.69, 9.17) is 9.47 Å². The third-order valence-corrected chi connectivity index (χ3v) is 4.36. The molecule has 1 aromatic carbocycles. The van der Waals surface area contributed by atoms with Crippen molar-refractivity contribution in [3.8, 4) is 0 Å². The van der Waals surface area contributed by atoms with Crippen LogP contribution in [0.25, 0.3) is 0 Å². The molecule has 0 amide bonds. The fourth-order valence-corrected chi connectivity index (χ4v) is 2.85. The SMILES string of the molecule is CCOC(=O)c1c(C)[nH]c(C(=O)[C@@H](C)OC(=O)c2ccc(C(=O)OC)cc2)c1C. The molecule has 0 bridgehead atoms. The first-order valence-corrected chi connectivity index (χ1v) is 9.01. The third-order valence-electron chi connectivity index (χ3n) is 4.36. The Morgan fingerprint density at radius 2 is 1.52 bits per heavy atom. The zero-order chi connectivity index (χ0) is 21.7. The summed E-state index contributed by atoms with van der Waals surface area (Å²) in [5.41, 5.74) is 1.90. The second kappa shape index (κ2) is 9.18. The number of carbonyl (C=O) groups excluding carboxylic acids is 4. The highest BCUT2D eigenvalue weighted by Crippen LogP contribution is 2.21. The van der Waals surface area contributed by atoms with Crippen LogP contribution in [0.5, 0.6) is 0 Å². The van der Waals surface area contributed by atoms with E-state index < -0.39 is 29.8 Å². The highest BCUT2D eigenvalue weighted by Gasteiger charge is 2.27. The van der Waals surface area contributed by atoms with Gasteiger partial charge in [-0.2, -0.15) is 0 Å². The molecule has 29 heavy (non-hydrogen) atoms. The van der Waals surface area contributed by atoms with Crippen LogP contribution in [0.3, 0.4) is 0 Å². The largest absolute Gasteiger partial charge is 0.465 e. The van der Waals surface area contributed by atoms with Crippen LogP contribution in [0, 0.1) is 13.8 Å². The average molecular weight is 401 g/mol. The molecule has 0 spiro atoms. The molecule has 0 fully saturated rings. The molecule has 1 heterocycles. The number of aromatic nitrogens is 1. The van der Waals surface area contributed by atoms with E-state index in [1.165, 1.54) is 38.3 Å². The van der Waals surface area contributed by atoms with Gasteiger partial charge in [0.1, 0.15) is 0 Å². The van der Waals surface area contributed by atoms with E-state index in [0.29, 0.717) is 16.8 Å². The molecule has 2 rings (SSSR count). The van der Waals surface area contributed by atoms with Gasteiger partial charge in [-0.15, -0.1) is 0 Å². The standard InChI is InChI=1S/C21H23NO7/c1-6-28-21(26)16-11(2)17(22-12(16)3)18(23)13(4)29-20(25)15-9-7-14(8-10-15)19(24)27-5/h7-10,13,22H,6H2,1-5H3/t13-/m1/s1. The Morgan fingerprint density at radius 3 is 2.03 bits per heavy atom. The van der Waals surface area contributed by atoms with Gasteiger partial charge < -0.3 is 19.2 Å². The van der Waals surface area contributed by atoms with Crippen LogP contribution in [0.1, 0.15) is 66.7 Å². The molecule has 0 radical (unpaired) electrons. The number of ether oxygens (including phenoxy) is 3. The normalized spacial score (nSPS) is 11.5. The molecule has 0 unspecified atom stereocenters. The summed E-state index contributed by atoms with van der Waals surface area (Å²) in [5, 5.41) is 0. The van der Waals surface area contributed by atoms with Crippen molar-refractivity contribution in [1.29, 1.82) is 0 Å². The Bertz CT molecular complexity index is 941. The van der Waals surface area contributed by atoms with Crippen molar-refractivity contribution >= 4 is 23.7 Å². The maximum Gasteiger partial charge on any atom is 0.340 e. The van der Waals surface area contributed by atoms with Crippen molar-refractivity contribution in [3.05, 3.63) is 57.9 Å². The number of hydrogen-bond donors (Lipinski definition) is 1. The van der Waals surface area contributed by atoms with E-state index in [2.05, 4.69) is 9.72 Å². The molecule has 0 aliphatic heterocycles. The highest BCUT2D eigenvalue weighted by atomic mass is 16.5. The van der Waals surface area contributed by atoms with Gasteiger partial charge in [0.05, 0.1) is 36.1 Å². The predicted molar refractivity (Wildman–Crippen MR) is 103 cm³/mol. The molecule has 2 aromatic rings. The van der Waals surface area contributed by atoms with E-state index in [1.54, 1.807) is 20.8 Å². The highest BCUT2D eigenvalue weighted by molar-refractivity contribution is 6.04. The van der Waals surface area contributed by atoms with Crippen LogP contribution in [0.15, 0.2) is 24.3 Å². The van der Waals surface area contributed by atoms with E-state index in [1.807, 2.05) is 0 Å². The van der Waals surface area contributed by atoms with Crippen LogP contribution >= 0.6 is 0 Å². The monoisotopic (exact) mass is 401 g/mol. The number of nitrogens with one attached hydrogen (secondary N) is 1. The summed E-state index contributed by atoms with van der Waals surface area (Å²) in [6.07, 6.45) is -1.09. The molecule has 0 saturated carbocycles. The van der Waals surface area contributed by atoms with Gasteiger partial charge in [0.25, 0.3) is 0 Å². The Morgan fingerprint density at radius 1 is 0.966 bits per heavy atom. The molecule has 1 aromatic heterocycles. The number of rotatable bonds is 7.